The minimum absolute atomic E-state index is 0.0544. The van der Waals surface area contributed by atoms with E-state index in [0.29, 0.717) is 23.6 Å². The van der Waals surface area contributed by atoms with Crippen molar-refractivity contribution in [2.24, 2.45) is 0 Å². The van der Waals surface area contributed by atoms with Crippen molar-refractivity contribution in [2.75, 3.05) is 25.6 Å². The lowest BCUT2D eigenvalue weighted by Gasteiger charge is -2.29. The van der Waals surface area contributed by atoms with Crippen LogP contribution in [0.2, 0.25) is 0 Å². The molecule has 0 aliphatic heterocycles. The molecule has 0 saturated heterocycles. The van der Waals surface area contributed by atoms with Gasteiger partial charge in [0.05, 0.1) is 24.9 Å². The molecule has 2 amide bonds. The predicted molar refractivity (Wildman–Crippen MR) is 109 cm³/mol. The summed E-state index contributed by atoms with van der Waals surface area (Å²) in [6.45, 7) is 4.43. The highest BCUT2D eigenvalue weighted by molar-refractivity contribution is 6.04. The molecule has 7 heteroatoms. The molecule has 0 spiro atoms. The molecule has 1 N–H and O–H groups in total. The molecule has 0 aliphatic rings. The maximum Gasteiger partial charge on any atom is 0.233 e. The molecule has 0 aliphatic carbocycles. The number of para-hydroxylation sites is 2. The van der Waals surface area contributed by atoms with Crippen molar-refractivity contribution in [3.8, 4) is 5.75 Å². The van der Waals surface area contributed by atoms with Crippen LogP contribution in [0.1, 0.15) is 25.8 Å². The first kappa shape index (κ1) is 22.4. The Morgan fingerprint density at radius 2 is 1.83 bits per heavy atom. The van der Waals surface area contributed by atoms with Crippen LogP contribution < -0.4 is 10.1 Å². The van der Waals surface area contributed by atoms with Crippen molar-refractivity contribution in [1.82, 2.24) is 4.90 Å². The van der Waals surface area contributed by atoms with Crippen molar-refractivity contribution in [2.45, 2.75) is 32.9 Å². The van der Waals surface area contributed by atoms with E-state index in [4.69, 9.17) is 9.47 Å². The summed E-state index contributed by atoms with van der Waals surface area (Å²) in [5.41, 5.74) is 0.878. The minimum Gasteiger partial charge on any atom is -0.492 e. The molecule has 2 aromatic rings. The van der Waals surface area contributed by atoms with E-state index in [0.717, 1.165) is 0 Å². The molecular weight excluding hydrogens is 375 g/mol. The van der Waals surface area contributed by atoms with Gasteiger partial charge < -0.3 is 19.7 Å². The molecule has 1 atom stereocenters. The predicted octanol–water partition coefficient (Wildman–Crippen LogP) is 3.62. The monoisotopic (exact) mass is 402 g/mol. The number of benzene rings is 2. The van der Waals surface area contributed by atoms with Crippen LogP contribution in [-0.2, 0) is 20.9 Å². The molecule has 0 saturated carbocycles. The fraction of sp³-hybridized carbons (Fsp3) is 0.364. The van der Waals surface area contributed by atoms with E-state index in [1.54, 1.807) is 49.4 Å². The number of rotatable bonds is 10. The first-order chi connectivity index (χ1) is 14.0. The van der Waals surface area contributed by atoms with Gasteiger partial charge in [0.15, 0.2) is 0 Å². The third-order valence-electron chi connectivity index (χ3n) is 4.33. The minimum atomic E-state index is -0.467. The van der Waals surface area contributed by atoms with Crippen molar-refractivity contribution in [1.29, 1.82) is 0 Å². The van der Waals surface area contributed by atoms with Gasteiger partial charge in [0.1, 0.15) is 18.0 Å². The Bertz CT molecular complexity index is 828. The largest absolute Gasteiger partial charge is 0.492 e. The zero-order valence-electron chi connectivity index (χ0n) is 17.0. The molecular formula is C22H27FN2O4. The van der Waals surface area contributed by atoms with Gasteiger partial charge in [-0.3, -0.25) is 9.59 Å². The lowest BCUT2D eigenvalue weighted by atomic mass is 10.1. The van der Waals surface area contributed by atoms with E-state index in [9.17, 15) is 14.0 Å². The van der Waals surface area contributed by atoms with Gasteiger partial charge in [0.2, 0.25) is 11.8 Å². The summed E-state index contributed by atoms with van der Waals surface area (Å²) in [4.78, 5) is 26.8. The molecule has 0 aromatic heterocycles. The van der Waals surface area contributed by atoms with E-state index >= 15 is 0 Å². The Labute approximate surface area is 170 Å². The summed E-state index contributed by atoms with van der Waals surface area (Å²) in [5.74, 6) is -0.744. The summed E-state index contributed by atoms with van der Waals surface area (Å²) in [6.07, 6.45) is -0.372. The Hall–Kier alpha value is -2.93. The van der Waals surface area contributed by atoms with Crippen LogP contribution in [0.5, 0.6) is 5.75 Å². The summed E-state index contributed by atoms with van der Waals surface area (Å²) < 4.78 is 24.7. The van der Waals surface area contributed by atoms with Crippen LogP contribution in [0.25, 0.3) is 0 Å². The molecule has 156 valence electrons. The SMILES string of the molecule is CCOc1ccccc1NC(=O)CC(=O)N(Cc1ccccc1F)[C@@H](C)COC. The second-order valence-electron chi connectivity index (χ2n) is 6.57. The number of ether oxygens (including phenoxy) is 2. The van der Waals surface area contributed by atoms with E-state index in [2.05, 4.69) is 5.32 Å². The van der Waals surface area contributed by atoms with Gasteiger partial charge in [0.25, 0.3) is 0 Å². The van der Waals surface area contributed by atoms with Crippen molar-refractivity contribution in [3.05, 3.63) is 59.9 Å². The Balaban J connectivity index is 2.10. The van der Waals surface area contributed by atoms with Crippen molar-refractivity contribution in [3.63, 3.8) is 0 Å². The lowest BCUT2D eigenvalue weighted by molar-refractivity contribution is -0.137. The second-order valence-corrected chi connectivity index (χ2v) is 6.57. The van der Waals surface area contributed by atoms with E-state index in [1.165, 1.54) is 18.1 Å². The van der Waals surface area contributed by atoms with Crippen LogP contribution in [0.3, 0.4) is 0 Å². The third kappa shape index (κ3) is 6.57. The Morgan fingerprint density at radius 3 is 2.52 bits per heavy atom. The van der Waals surface area contributed by atoms with E-state index in [-0.39, 0.29) is 25.6 Å². The average molecular weight is 402 g/mol. The van der Waals surface area contributed by atoms with Crippen molar-refractivity contribution < 1.29 is 23.5 Å². The normalized spacial score (nSPS) is 11.6. The molecule has 2 rings (SSSR count). The zero-order valence-corrected chi connectivity index (χ0v) is 17.0. The van der Waals surface area contributed by atoms with Crippen LogP contribution in [0, 0.1) is 5.82 Å². The van der Waals surface area contributed by atoms with Crippen LogP contribution >= 0.6 is 0 Å². The maximum absolute atomic E-state index is 14.1. The molecule has 6 nitrogen and oxygen atoms in total. The topological polar surface area (TPSA) is 67.9 Å². The summed E-state index contributed by atoms with van der Waals surface area (Å²) >= 11 is 0. The van der Waals surface area contributed by atoms with Gasteiger partial charge in [0, 0.05) is 19.2 Å². The Morgan fingerprint density at radius 1 is 1.14 bits per heavy atom. The molecule has 0 fully saturated rings. The number of nitrogens with one attached hydrogen (secondary N) is 1. The van der Waals surface area contributed by atoms with E-state index in [1.807, 2.05) is 6.92 Å². The number of amides is 2. The number of carbonyl (C=O) groups excluding carboxylic acids is 2. The highest BCUT2D eigenvalue weighted by Crippen LogP contribution is 2.24. The first-order valence-electron chi connectivity index (χ1n) is 9.49. The first-order valence-corrected chi connectivity index (χ1v) is 9.49. The van der Waals surface area contributed by atoms with Crippen LogP contribution in [0.4, 0.5) is 10.1 Å². The number of hydrogen-bond acceptors (Lipinski definition) is 4. The number of anilines is 1. The van der Waals surface area contributed by atoms with Crippen molar-refractivity contribution >= 4 is 17.5 Å². The highest BCUT2D eigenvalue weighted by atomic mass is 19.1. The van der Waals surface area contributed by atoms with Gasteiger partial charge in [-0.15, -0.1) is 0 Å². The summed E-state index contributed by atoms with van der Waals surface area (Å²) in [7, 11) is 1.53. The number of nitrogens with zero attached hydrogens (tertiary/aromatic N) is 1. The van der Waals surface area contributed by atoms with Gasteiger partial charge in [-0.25, -0.2) is 4.39 Å². The average Bonchev–Trinajstić information content (AvgIpc) is 2.69. The zero-order chi connectivity index (χ0) is 21.2. The van der Waals surface area contributed by atoms with Crippen LogP contribution in [0.15, 0.2) is 48.5 Å². The molecule has 0 heterocycles. The fourth-order valence-corrected chi connectivity index (χ4v) is 2.92. The highest BCUT2D eigenvalue weighted by Gasteiger charge is 2.24. The van der Waals surface area contributed by atoms with Gasteiger partial charge in [-0.1, -0.05) is 30.3 Å². The molecule has 0 unspecified atom stereocenters. The number of hydrogen-bond donors (Lipinski definition) is 1. The van der Waals surface area contributed by atoms with Gasteiger partial charge in [-0.05, 0) is 32.0 Å². The summed E-state index contributed by atoms with van der Waals surface area (Å²) in [6, 6.07) is 13.0. The number of carbonyl (C=O) groups is 2. The molecule has 29 heavy (non-hydrogen) atoms. The molecule has 0 bridgehead atoms. The maximum atomic E-state index is 14.1. The second kappa shape index (κ2) is 11.2. The van der Waals surface area contributed by atoms with Crippen LogP contribution in [-0.4, -0.2) is 43.1 Å². The van der Waals surface area contributed by atoms with E-state index < -0.39 is 17.6 Å². The van der Waals surface area contributed by atoms with Gasteiger partial charge in [-0.2, -0.15) is 0 Å². The third-order valence-corrected chi connectivity index (χ3v) is 4.33. The quantitative estimate of drug-likeness (QED) is 0.617. The fourth-order valence-electron chi connectivity index (χ4n) is 2.92. The molecule has 0 radical (unpaired) electrons. The number of methoxy groups -OCH3 is 1. The lowest BCUT2D eigenvalue weighted by Crippen LogP contribution is -2.42. The van der Waals surface area contributed by atoms with Gasteiger partial charge >= 0.3 is 0 Å². The number of halogens is 1. The standard InChI is InChI=1S/C22H27FN2O4/c1-4-29-20-12-8-7-11-19(20)24-21(26)13-22(27)25(16(2)15-28-3)14-17-9-5-6-10-18(17)23/h5-12,16H,4,13-15H2,1-3H3,(H,24,26)/t16-/m0/s1. The Kier molecular flexibility index (Phi) is 8.61. The smallest absolute Gasteiger partial charge is 0.233 e. The molecule has 2 aromatic carbocycles. The summed E-state index contributed by atoms with van der Waals surface area (Å²) in [5, 5.41) is 2.71.